The number of hydrogen-bond acceptors (Lipinski definition) is 5. The monoisotopic (exact) mass is 394 g/mol. The predicted octanol–water partition coefficient (Wildman–Crippen LogP) is 4.40. The standard InChI is InChI=1S/C20H18N4O3S/c1-12-6-8-14(9-7-12)23-19(16-10-28-11-17(16)22-23)21-20(25)15-4-3-5-18(13(15)2)24(26)27/h3-9H,10-11H2,1-2H3,(H,21,25). The van der Waals surface area contributed by atoms with Gasteiger partial charge in [0.25, 0.3) is 11.6 Å². The average molecular weight is 394 g/mol. The van der Waals surface area contributed by atoms with Crippen LogP contribution in [0, 0.1) is 24.0 Å². The molecule has 0 atom stereocenters. The molecular formula is C20H18N4O3S. The van der Waals surface area contributed by atoms with Crippen LogP contribution in [0.3, 0.4) is 0 Å². The van der Waals surface area contributed by atoms with E-state index in [2.05, 4.69) is 10.4 Å². The molecule has 0 saturated heterocycles. The topological polar surface area (TPSA) is 90.1 Å². The third kappa shape index (κ3) is 3.16. The van der Waals surface area contributed by atoms with Crippen LogP contribution in [0.25, 0.3) is 5.69 Å². The van der Waals surface area contributed by atoms with Crippen molar-refractivity contribution >= 4 is 29.2 Å². The molecule has 1 amide bonds. The fourth-order valence-corrected chi connectivity index (χ4v) is 4.29. The quantitative estimate of drug-likeness (QED) is 0.523. The predicted molar refractivity (Wildman–Crippen MR) is 109 cm³/mol. The first-order valence-corrected chi connectivity index (χ1v) is 9.92. The van der Waals surface area contributed by atoms with Gasteiger partial charge in [-0.3, -0.25) is 14.9 Å². The van der Waals surface area contributed by atoms with Crippen molar-refractivity contribution in [3.8, 4) is 5.69 Å². The van der Waals surface area contributed by atoms with Crippen LogP contribution in [-0.4, -0.2) is 20.6 Å². The second-order valence-electron chi connectivity index (χ2n) is 6.67. The van der Waals surface area contributed by atoms with E-state index in [0.717, 1.165) is 34.0 Å². The van der Waals surface area contributed by atoms with Gasteiger partial charge in [-0.2, -0.15) is 16.9 Å². The van der Waals surface area contributed by atoms with Crippen molar-refractivity contribution in [3.05, 3.63) is 80.5 Å². The molecule has 4 rings (SSSR count). The molecule has 0 unspecified atom stereocenters. The van der Waals surface area contributed by atoms with E-state index < -0.39 is 4.92 Å². The molecule has 28 heavy (non-hydrogen) atoms. The van der Waals surface area contributed by atoms with Gasteiger partial charge in [0.1, 0.15) is 5.82 Å². The third-order valence-corrected chi connectivity index (χ3v) is 5.78. The van der Waals surface area contributed by atoms with Gasteiger partial charge in [-0.1, -0.05) is 23.8 Å². The summed E-state index contributed by atoms with van der Waals surface area (Å²) in [5, 5.41) is 18.8. The Hall–Kier alpha value is -3.13. The lowest BCUT2D eigenvalue weighted by atomic mass is 10.1. The number of nitrogens with zero attached hydrogens (tertiary/aromatic N) is 3. The van der Waals surface area contributed by atoms with Crippen LogP contribution in [0.4, 0.5) is 11.5 Å². The second-order valence-corrected chi connectivity index (χ2v) is 7.66. The molecule has 0 radical (unpaired) electrons. The Balaban J connectivity index is 1.74. The van der Waals surface area contributed by atoms with Crippen molar-refractivity contribution in [3.63, 3.8) is 0 Å². The zero-order chi connectivity index (χ0) is 19.8. The van der Waals surface area contributed by atoms with Crippen LogP contribution in [0.5, 0.6) is 0 Å². The van der Waals surface area contributed by atoms with E-state index in [4.69, 9.17) is 0 Å². The highest BCUT2D eigenvalue weighted by atomic mass is 32.2. The highest BCUT2D eigenvalue weighted by molar-refractivity contribution is 7.98. The number of amides is 1. The van der Waals surface area contributed by atoms with Crippen LogP contribution in [-0.2, 0) is 11.5 Å². The van der Waals surface area contributed by atoms with Crippen molar-refractivity contribution in [2.45, 2.75) is 25.4 Å². The molecule has 0 spiro atoms. The number of aryl methyl sites for hydroxylation is 1. The third-order valence-electron chi connectivity index (χ3n) is 4.81. The lowest BCUT2D eigenvalue weighted by Gasteiger charge is -2.12. The van der Waals surface area contributed by atoms with E-state index in [1.165, 1.54) is 12.1 Å². The van der Waals surface area contributed by atoms with E-state index in [1.807, 2.05) is 31.2 Å². The zero-order valence-corrected chi connectivity index (χ0v) is 16.2. The summed E-state index contributed by atoms with van der Waals surface area (Å²) in [5.74, 6) is 1.81. The number of anilines is 1. The van der Waals surface area contributed by atoms with Gasteiger partial charge in [0, 0.05) is 34.3 Å². The molecule has 2 heterocycles. The first-order valence-electron chi connectivity index (χ1n) is 8.76. The Bertz CT molecular complexity index is 1090. The molecule has 8 heteroatoms. The van der Waals surface area contributed by atoms with Crippen molar-refractivity contribution < 1.29 is 9.72 Å². The number of carbonyl (C=O) groups is 1. The summed E-state index contributed by atoms with van der Waals surface area (Å²) >= 11 is 1.75. The van der Waals surface area contributed by atoms with Gasteiger partial charge in [0.15, 0.2) is 0 Å². The van der Waals surface area contributed by atoms with Crippen LogP contribution in [0.15, 0.2) is 42.5 Å². The van der Waals surface area contributed by atoms with Gasteiger partial charge in [-0.25, -0.2) is 4.68 Å². The number of aromatic nitrogens is 2. The molecule has 0 saturated carbocycles. The maximum atomic E-state index is 13.0. The SMILES string of the molecule is Cc1ccc(-n2nc3c(c2NC(=O)c2cccc([N+](=O)[O-])c2C)CSC3)cc1. The second kappa shape index (κ2) is 7.12. The Labute approximate surface area is 165 Å². The summed E-state index contributed by atoms with van der Waals surface area (Å²) in [6.07, 6.45) is 0. The summed E-state index contributed by atoms with van der Waals surface area (Å²) in [6.45, 7) is 3.60. The highest BCUT2D eigenvalue weighted by Gasteiger charge is 2.26. The molecule has 1 aliphatic heterocycles. The fraction of sp³-hybridized carbons (Fsp3) is 0.200. The number of nitrogens with one attached hydrogen (secondary N) is 1. The van der Waals surface area contributed by atoms with E-state index in [-0.39, 0.29) is 17.2 Å². The first-order chi connectivity index (χ1) is 13.5. The number of thioether (sulfide) groups is 1. The molecule has 0 aliphatic carbocycles. The summed E-state index contributed by atoms with van der Waals surface area (Å²) in [5.41, 5.74) is 4.51. The maximum absolute atomic E-state index is 13.0. The normalized spacial score (nSPS) is 12.6. The molecule has 1 aromatic heterocycles. The minimum Gasteiger partial charge on any atom is -0.306 e. The van der Waals surface area contributed by atoms with Gasteiger partial charge < -0.3 is 5.32 Å². The Morgan fingerprint density at radius 3 is 2.64 bits per heavy atom. The van der Waals surface area contributed by atoms with E-state index in [1.54, 1.807) is 29.4 Å². The number of nitro benzene ring substituents is 1. The Morgan fingerprint density at radius 2 is 1.93 bits per heavy atom. The smallest absolute Gasteiger partial charge is 0.273 e. The van der Waals surface area contributed by atoms with Crippen LogP contribution >= 0.6 is 11.8 Å². The number of nitro groups is 1. The van der Waals surface area contributed by atoms with Gasteiger partial charge in [0.05, 0.1) is 16.3 Å². The molecule has 0 bridgehead atoms. The number of carbonyl (C=O) groups excluding carboxylic acids is 1. The molecular weight excluding hydrogens is 376 g/mol. The highest BCUT2D eigenvalue weighted by Crippen LogP contribution is 2.36. The van der Waals surface area contributed by atoms with Crippen LogP contribution in [0.1, 0.15) is 32.7 Å². The maximum Gasteiger partial charge on any atom is 0.273 e. The van der Waals surface area contributed by atoms with Crippen molar-refractivity contribution in [2.24, 2.45) is 0 Å². The molecule has 2 aromatic carbocycles. The van der Waals surface area contributed by atoms with E-state index >= 15 is 0 Å². The van der Waals surface area contributed by atoms with Gasteiger partial charge >= 0.3 is 0 Å². The van der Waals surface area contributed by atoms with Crippen molar-refractivity contribution in [2.75, 3.05) is 5.32 Å². The van der Waals surface area contributed by atoms with Crippen molar-refractivity contribution in [1.82, 2.24) is 9.78 Å². The van der Waals surface area contributed by atoms with Crippen molar-refractivity contribution in [1.29, 1.82) is 0 Å². The fourth-order valence-electron chi connectivity index (χ4n) is 3.26. The average Bonchev–Trinajstić information content (AvgIpc) is 3.25. The van der Waals surface area contributed by atoms with Gasteiger partial charge in [-0.15, -0.1) is 0 Å². The Kier molecular flexibility index (Phi) is 4.64. The number of fused-ring (bicyclic) bond motifs is 1. The summed E-state index contributed by atoms with van der Waals surface area (Å²) in [6, 6.07) is 12.4. The first kappa shape index (κ1) is 18.2. The molecule has 1 N–H and O–H groups in total. The lowest BCUT2D eigenvalue weighted by Crippen LogP contribution is -2.17. The summed E-state index contributed by atoms with van der Waals surface area (Å²) in [4.78, 5) is 23.7. The zero-order valence-electron chi connectivity index (χ0n) is 15.4. The van der Waals surface area contributed by atoms with Crippen LogP contribution < -0.4 is 5.32 Å². The number of hydrogen-bond donors (Lipinski definition) is 1. The molecule has 3 aromatic rings. The molecule has 1 aliphatic rings. The Morgan fingerprint density at radius 1 is 1.18 bits per heavy atom. The summed E-state index contributed by atoms with van der Waals surface area (Å²) < 4.78 is 1.74. The molecule has 7 nitrogen and oxygen atoms in total. The number of benzene rings is 2. The lowest BCUT2D eigenvalue weighted by molar-refractivity contribution is -0.385. The van der Waals surface area contributed by atoms with E-state index in [0.29, 0.717) is 11.4 Å². The largest absolute Gasteiger partial charge is 0.306 e. The summed E-state index contributed by atoms with van der Waals surface area (Å²) in [7, 11) is 0. The minimum absolute atomic E-state index is 0.0690. The molecule has 0 fully saturated rings. The minimum atomic E-state index is -0.475. The van der Waals surface area contributed by atoms with E-state index in [9.17, 15) is 14.9 Å². The van der Waals surface area contributed by atoms with Crippen LogP contribution in [0.2, 0.25) is 0 Å². The molecule has 142 valence electrons. The number of rotatable bonds is 4. The van der Waals surface area contributed by atoms with Gasteiger partial charge in [0.2, 0.25) is 0 Å². The van der Waals surface area contributed by atoms with Gasteiger partial charge in [-0.05, 0) is 32.0 Å².